The van der Waals surface area contributed by atoms with Gasteiger partial charge in [-0.05, 0) is 44.7 Å². The van der Waals surface area contributed by atoms with Crippen LogP contribution in [0.3, 0.4) is 0 Å². The van der Waals surface area contributed by atoms with Gasteiger partial charge in [0, 0.05) is 9.46 Å². The van der Waals surface area contributed by atoms with Gasteiger partial charge in [-0.3, -0.25) is 4.39 Å². The average Bonchev–Trinajstić information content (AvgIpc) is 3.45. The highest BCUT2D eigenvalue weighted by Crippen LogP contribution is 2.18. The van der Waals surface area contributed by atoms with Gasteiger partial charge in [0.05, 0.1) is 38.7 Å². The van der Waals surface area contributed by atoms with E-state index in [2.05, 4.69) is 6.92 Å². The molecule has 2 fully saturated rings. The SMILES string of the molecule is CC1CCCO1.CF.OCC1CCC(CO)O1.OCc1ccc(CO)o1.[2HH].[2HH]. The van der Waals surface area contributed by atoms with Crippen LogP contribution < -0.4 is 0 Å². The van der Waals surface area contributed by atoms with Crippen LogP contribution in [0.4, 0.5) is 4.39 Å². The van der Waals surface area contributed by atoms with Gasteiger partial charge in [0.25, 0.3) is 0 Å². The molecule has 0 aliphatic carbocycles. The number of halogens is 1. The monoisotopic (exact) mass is 386 g/mol. The number of aliphatic hydroxyl groups excluding tert-OH is 4. The molecule has 7 nitrogen and oxygen atoms in total. The van der Waals surface area contributed by atoms with Crippen LogP contribution in [0.25, 0.3) is 0 Å². The minimum atomic E-state index is -0.111. The van der Waals surface area contributed by atoms with Crippen LogP contribution in [0.1, 0.15) is 47.0 Å². The predicted molar refractivity (Wildman–Crippen MR) is 98.5 cm³/mol. The first-order valence-electron chi connectivity index (χ1n) is 8.78. The van der Waals surface area contributed by atoms with Crippen molar-refractivity contribution in [2.24, 2.45) is 0 Å². The predicted octanol–water partition coefficient (Wildman–Crippen LogP) is 2.05. The highest BCUT2D eigenvalue weighted by atomic mass is 19.1. The van der Waals surface area contributed by atoms with Gasteiger partial charge in [0.15, 0.2) is 0 Å². The number of hydrogen-bond acceptors (Lipinski definition) is 7. The number of rotatable bonds is 4. The summed E-state index contributed by atoms with van der Waals surface area (Å²) >= 11 is 0. The third kappa shape index (κ3) is 10.8. The molecule has 1 aromatic rings. The lowest BCUT2D eigenvalue weighted by Gasteiger charge is -2.07. The molecule has 26 heavy (non-hydrogen) atoms. The largest absolute Gasteiger partial charge is 0.461 e. The smallest absolute Gasteiger partial charge is 0.129 e. The lowest BCUT2D eigenvalue weighted by Crippen LogP contribution is -2.16. The number of ether oxygens (including phenoxy) is 2. The second-order valence-electron chi connectivity index (χ2n) is 5.83. The fraction of sp³-hybridized carbons (Fsp3) is 0.778. The van der Waals surface area contributed by atoms with Crippen molar-refractivity contribution in [1.82, 2.24) is 0 Å². The molecule has 2 aliphatic heterocycles. The van der Waals surface area contributed by atoms with Crippen LogP contribution in [0.15, 0.2) is 16.5 Å². The maximum absolute atomic E-state index is 9.50. The summed E-state index contributed by atoms with van der Waals surface area (Å²) in [4.78, 5) is 0. The molecule has 158 valence electrons. The van der Waals surface area contributed by atoms with E-state index >= 15 is 0 Å². The Morgan fingerprint density at radius 2 is 1.46 bits per heavy atom. The fourth-order valence-electron chi connectivity index (χ4n) is 2.38. The molecule has 3 heterocycles. The zero-order valence-corrected chi connectivity index (χ0v) is 15.6. The van der Waals surface area contributed by atoms with E-state index in [1.165, 1.54) is 12.8 Å². The minimum Gasteiger partial charge on any atom is -0.461 e. The molecule has 0 aromatic carbocycles. The Bertz CT molecular complexity index is 403. The number of hydrogen-bond donors (Lipinski definition) is 4. The Labute approximate surface area is 157 Å². The molecule has 0 amide bonds. The van der Waals surface area contributed by atoms with Gasteiger partial charge in [-0.1, -0.05) is 0 Å². The molecular formula is C18H37FO7. The van der Waals surface area contributed by atoms with Crippen molar-refractivity contribution in [2.75, 3.05) is 27.0 Å². The summed E-state index contributed by atoms with van der Waals surface area (Å²) < 4.78 is 24.7. The maximum atomic E-state index is 9.50. The van der Waals surface area contributed by atoms with Gasteiger partial charge in [-0.15, -0.1) is 0 Å². The summed E-state index contributed by atoms with van der Waals surface area (Å²) in [7, 11) is 0.500. The number of aliphatic hydroxyl groups is 4. The van der Waals surface area contributed by atoms with E-state index in [9.17, 15) is 4.39 Å². The van der Waals surface area contributed by atoms with Gasteiger partial charge in [-0.2, -0.15) is 0 Å². The summed E-state index contributed by atoms with van der Waals surface area (Å²) in [6.45, 7) is 3.04. The third-order valence-corrected chi connectivity index (χ3v) is 3.79. The normalized spacial score (nSPS) is 23.9. The highest BCUT2D eigenvalue weighted by Gasteiger charge is 2.23. The second kappa shape index (κ2) is 16.2. The van der Waals surface area contributed by atoms with E-state index in [1.54, 1.807) is 12.1 Å². The lowest BCUT2D eigenvalue weighted by molar-refractivity contribution is -0.0119. The van der Waals surface area contributed by atoms with Crippen LogP contribution >= 0.6 is 0 Å². The van der Waals surface area contributed by atoms with Crippen molar-refractivity contribution in [3.8, 4) is 0 Å². The zero-order chi connectivity index (χ0) is 19.8. The Balaban J connectivity index is -0.000000315. The molecule has 2 aliphatic rings. The maximum Gasteiger partial charge on any atom is 0.129 e. The molecule has 3 rings (SSSR count). The Kier molecular flexibility index (Phi) is 15.5. The first kappa shape index (κ1) is 25.0. The van der Waals surface area contributed by atoms with E-state index in [0.29, 0.717) is 24.8 Å². The van der Waals surface area contributed by atoms with Gasteiger partial charge in [-0.25, -0.2) is 0 Å². The molecular weight excluding hydrogens is 347 g/mol. The van der Waals surface area contributed by atoms with Crippen molar-refractivity contribution in [2.45, 2.75) is 64.1 Å². The first-order valence-corrected chi connectivity index (χ1v) is 8.78. The molecule has 0 bridgehead atoms. The van der Waals surface area contributed by atoms with Crippen molar-refractivity contribution in [1.29, 1.82) is 0 Å². The summed E-state index contributed by atoms with van der Waals surface area (Å²) in [6.07, 6.45) is 4.78. The van der Waals surface area contributed by atoms with Crippen LogP contribution in [0.5, 0.6) is 0 Å². The highest BCUT2D eigenvalue weighted by molar-refractivity contribution is 5.04. The van der Waals surface area contributed by atoms with Gasteiger partial charge in [0.2, 0.25) is 0 Å². The van der Waals surface area contributed by atoms with Gasteiger partial charge < -0.3 is 34.3 Å². The van der Waals surface area contributed by atoms with Crippen molar-refractivity contribution >= 4 is 0 Å². The lowest BCUT2D eigenvalue weighted by atomic mass is 10.2. The van der Waals surface area contributed by atoms with Crippen molar-refractivity contribution in [3.63, 3.8) is 0 Å². The van der Waals surface area contributed by atoms with E-state index in [4.69, 9.17) is 34.3 Å². The molecule has 0 saturated carbocycles. The van der Waals surface area contributed by atoms with E-state index in [0.717, 1.165) is 19.4 Å². The Morgan fingerprint density at radius 3 is 1.65 bits per heavy atom. The molecule has 2 saturated heterocycles. The topological polar surface area (TPSA) is 113 Å². The van der Waals surface area contributed by atoms with Crippen LogP contribution in [-0.2, 0) is 22.7 Å². The molecule has 8 heteroatoms. The number of furan rings is 1. The minimum absolute atomic E-state index is 0. The molecule has 1 aromatic heterocycles. The van der Waals surface area contributed by atoms with Crippen LogP contribution in [0, 0.1) is 0 Å². The summed E-state index contributed by atoms with van der Waals surface area (Å²) in [5, 5.41) is 34.1. The van der Waals surface area contributed by atoms with Gasteiger partial charge >= 0.3 is 0 Å². The molecule has 3 unspecified atom stereocenters. The molecule has 0 radical (unpaired) electrons. The molecule has 3 atom stereocenters. The standard InChI is InChI=1S/C6H12O3.C6H8O3.C5H10O.CH3F.2H2/c2*7-3-5-1-2-6(4-8)9-5;1-5-3-2-4-6-5;1-2;;/h5-8H,1-4H2;1-2,7-8H,3-4H2;5H,2-4H2,1H3;1H3;2*1H/i;;;;2*1+1. The average molecular weight is 386 g/mol. The van der Waals surface area contributed by atoms with Crippen LogP contribution in [-0.4, -0.2) is 65.7 Å². The van der Waals surface area contributed by atoms with Crippen LogP contribution in [0.2, 0.25) is 0 Å². The summed E-state index contributed by atoms with van der Waals surface area (Å²) in [5.41, 5.74) is 0. The zero-order valence-electron chi connectivity index (χ0n) is 15.6. The van der Waals surface area contributed by atoms with E-state index in [-0.39, 0.29) is 41.5 Å². The number of alkyl halides is 1. The van der Waals surface area contributed by atoms with E-state index in [1.807, 2.05) is 0 Å². The van der Waals surface area contributed by atoms with Crippen molar-refractivity contribution in [3.05, 3.63) is 23.7 Å². The van der Waals surface area contributed by atoms with E-state index < -0.39 is 0 Å². The first-order chi connectivity index (χ1) is 12.6. The van der Waals surface area contributed by atoms with Crippen molar-refractivity contribution < 1.29 is 41.6 Å². The molecule has 4 N–H and O–H groups in total. The molecule has 0 spiro atoms. The quantitative estimate of drug-likeness (QED) is 0.626. The third-order valence-electron chi connectivity index (χ3n) is 3.79. The Hall–Kier alpha value is -1.03. The fourth-order valence-corrected chi connectivity index (χ4v) is 2.38. The Morgan fingerprint density at radius 1 is 0.962 bits per heavy atom. The summed E-state index contributed by atoms with van der Waals surface area (Å²) in [5.74, 6) is 0.970. The second-order valence-corrected chi connectivity index (χ2v) is 5.83. The van der Waals surface area contributed by atoms with Gasteiger partial charge in [0.1, 0.15) is 24.7 Å². The summed E-state index contributed by atoms with van der Waals surface area (Å²) in [6, 6.07) is 3.26.